The van der Waals surface area contributed by atoms with E-state index in [-0.39, 0.29) is 0 Å². The number of thiazole rings is 1. The summed E-state index contributed by atoms with van der Waals surface area (Å²) >= 11 is 1.19. The summed E-state index contributed by atoms with van der Waals surface area (Å²) in [5.41, 5.74) is 5.25. The second-order valence-corrected chi connectivity index (χ2v) is 3.84. The lowest BCUT2D eigenvalue weighted by Crippen LogP contribution is -2.17. The van der Waals surface area contributed by atoms with Crippen LogP contribution in [0.25, 0.3) is 0 Å². The van der Waals surface area contributed by atoms with Crippen molar-refractivity contribution in [2.75, 3.05) is 19.0 Å². The van der Waals surface area contributed by atoms with Crippen molar-refractivity contribution >= 4 is 16.5 Å². The molecule has 3 nitrogen and oxygen atoms in total. The van der Waals surface area contributed by atoms with Gasteiger partial charge in [-0.25, -0.2) is 13.8 Å². The van der Waals surface area contributed by atoms with E-state index in [1.54, 1.807) is 19.0 Å². The maximum absolute atomic E-state index is 12.2. The van der Waals surface area contributed by atoms with E-state index < -0.39 is 12.5 Å². The molecule has 0 aromatic carbocycles. The molecular formula is C7H11F2N3S. The highest BCUT2D eigenvalue weighted by molar-refractivity contribution is 7.15. The van der Waals surface area contributed by atoms with Crippen molar-refractivity contribution in [3.8, 4) is 0 Å². The SMILES string of the molecule is CN(C)c1ncc(C(N)C(F)F)s1. The van der Waals surface area contributed by atoms with Crippen LogP contribution in [-0.2, 0) is 0 Å². The lowest BCUT2D eigenvalue weighted by atomic mass is 10.3. The van der Waals surface area contributed by atoms with Crippen LogP contribution in [0.15, 0.2) is 6.20 Å². The predicted octanol–water partition coefficient (Wildman–Crippen LogP) is 1.47. The number of aromatic nitrogens is 1. The van der Waals surface area contributed by atoms with Crippen LogP contribution in [0.5, 0.6) is 0 Å². The summed E-state index contributed by atoms with van der Waals surface area (Å²) in [4.78, 5) is 6.12. The molecule has 0 aliphatic rings. The van der Waals surface area contributed by atoms with Crippen molar-refractivity contribution < 1.29 is 8.78 Å². The van der Waals surface area contributed by atoms with Gasteiger partial charge in [-0.1, -0.05) is 0 Å². The number of anilines is 1. The van der Waals surface area contributed by atoms with Crippen LogP contribution in [0.3, 0.4) is 0 Å². The molecule has 13 heavy (non-hydrogen) atoms. The summed E-state index contributed by atoms with van der Waals surface area (Å²) in [5.74, 6) is 0. The molecule has 1 atom stereocenters. The van der Waals surface area contributed by atoms with Crippen LogP contribution >= 0.6 is 11.3 Å². The fraction of sp³-hybridized carbons (Fsp3) is 0.571. The Morgan fingerprint density at radius 3 is 2.54 bits per heavy atom. The molecule has 1 unspecified atom stereocenters. The molecule has 1 aromatic heterocycles. The van der Waals surface area contributed by atoms with E-state index in [2.05, 4.69) is 4.98 Å². The third kappa shape index (κ3) is 2.35. The highest BCUT2D eigenvalue weighted by Crippen LogP contribution is 2.27. The summed E-state index contributed by atoms with van der Waals surface area (Å²) in [6, 6.07) is -1.22. The summed E-state index contributed by atoms with van der Waals surface area (Å²) in [6.45, 7) is 0. The lowest BCUT2D eigenvalue weighted by molar-refractivity contribution is 0.117. The van der Waals surface area contributed by atoms with Gasteiger partial charge in [0.1, 0.15) is 6.04 Å². The van der Waals surface area contributed by atoms with E-state index in [4.69, 9.17) is 5.73 Å². The first kappa shape index (κ1) is 10.3. The van der Waals surface area contributed by atoms with Crippen LogP contribution in [0.4, 0.5) is 13.9 Å². The number of hydrogen-bond donors (Lipinski definition) is 1. The highest BCUT2D eigenvalue weighted by atomic mass is 32.1. The third-order valence-corrected chi connectivity index (χ3v) is 2.76. The summed E-state index contributed by atoms with van der Waals surface area (Å²) in [6.07, 6.45) is -1.13. The van der Waals surface area contributed by atoms with Gasteiger partial charge in [0.25, 0.3) is 6.43 Å². The standard InChI is InChI=1S/C7H11F2N3S/c1-12(2)7-11-3-4(13-7)5(10)6(8)9/h3,5-6H,10H2,1-2H3. The van der Waals surface area contributed by atoms with Crippen molar-refractivity contribution in [1.82, 2.24) is 4.98 Å². The van der Waals surface area contributed by atoms with Gasteiger partial charge in [-0.15, -0.1) is 11.3 Å². The van der Waals surface area contributed by atoms with Crippen molar-refractivity contribution in [1.29, 1.82) is 0 Å². The van der Waals surface area contributed by atoms with Gasteiger partial charge in [0, 0.05) is 25.2 Å². The fourth-order valence-electron chi connectivity index (χ4n) is 0.762. The Morgan fingerprint density at radius 2 is 2.15 bits per heavy atom. The van der Waals surface area contributed by atoms with Crippen molar-refractivity contribution in [3.63, 3.8) is 0 Å². The molecular weight excluding hydrogens is 196 g/mol. The average Bonchev–Trinajstić information content (AvgIpc) is 2.50. The van der Waals surface area contributed by atoms with Crippen LogP contribution in [0.2, 0.25) is 0 Å². The van der Waals surface area contributed by atoms with Crippen LogP contribution in [0.1, 0.15) is 10.9 Å². The number of hydrogen-bond acceptors (Lipinski definition) is 4. The molecule has 0 amide bonds. The number of nitrogens with two attached hydrogens (primary N) is 1. The van der Waals surface area contributed by atoms with Crippen molar-refractivity contribution in [3.05, 3.63) is 11.1 Å². The minimum absolute atomic E-state index is 0.415. The van der Waals surface area contributed by atoms with E-state index in [0.717, 1.165) is 0 Å². The monoisotopic (exact) mass is 207 g/mol. The molecule has 74 valence electrons. The van der Waals surface area contributed by atoms with Crippen molar-refractivity contribution in [2.24, 2.45) is 5.73 Å². The van der Waals surface area contributed by atoms with Crippen LogP contribution in [0, 0.1) is 0 Å². The van der Waals surface area contributed by atoms with Gasteiger partial charge in [0.2, 0.25) is 0 Å². The Hall–Kier alpha value is -0.750. The average molecular weight is 207 g/mol. The first-order chi connectivity index (χ1) is 6.02. The Bertz CT molecular complexity index is 274. The van der Waals surface area contributed by atoms with Gasteiger partial charge >= 0.3 is 0 Å². The van der Waals surface area contributed by atoms with Gasteiger partial charge in [0.05, 0.1) is 0 Å². The molecule has 2 N–H and O–H groups in total. The third-order valence-electron chi connectivity index (χ3n) is 1.49. The Kier molecular flexibility index (Phi) is 3.16. The minimum Gasteiger partial charge on any atom is -0.354 e. The molecule has 6 heteroatoms. The molecule has 0 bridgehead atoms. The fourth-order valence-corrected chi connectivity index (χ4v) is 1.61. The maximum Gasteiger partial charge on any atom is 0.258 e. The molecule has 1 heterocycles. The summed E-state index contributed by atoms with van der Waals surface area (Å²) in [7, 11) is 3.60. The van der Waals surface area contributed by atoms with Crippen LogP contribution < -0.4 is 10.6 Å². The number of nitrogens with zero attached hydrogens (tertiary/aromatic N) is 2. The summed E-state index contributed by atoms with van der Waals surface area (Å²) < 4.78 is 24.3. The van der Waals surface area contributed by atoms with Crippen LogP contribution in [-0.4, -0.2) is 25.5 Å². The molecule has 0 saturated carbocycles. The van der Waals surface area contributed by atoms with Crippen molar-refractivity contribution in [2.45, 2.75) is 12.5 Å². The Labute approximate surface area is 79.2 Å². The maximum atomic E-state index is 12.2. The molecule has 1 rings (SSSR count). The predicted molar refractivity (Wildman–Crippen MR) is 49.4 cm³/mol. The lowest BCUT2D eigenvalue weighted by Gasteiger charge is -2.07. The molecule has 0 saturated heterocycles. The first-order valence-electron chi connectivity index (χ1n) is 3.69. The van der Waals surface area contributed by atoms with E-state index in [1.165, 1.54) is 17.5 Å². The Morgan fingerprint density at radius 1 is 1.54 bits per heavy atom. The summed E-state index contributed by atoms with van der Waals surface area (Å²) in [5, 5.41) is 0.686. The van der Waals surface area contributed by atoms with Gasteiger partial charge in [-0.05, 0) is 0 Å². The zero-order valence-corrected chi connectivity index (χ0v) is 8.18. The zero-order chi connectivity index (χ0) is 10.0. The quantitative estimate of drug-likeness (QED) is 0.816. The smallest absolute Gasteiger partial charge is 0.258 e. The molecule has 1 aromatic rings. The molecule has 0 aliphatic carbocycles. The molecule has 0 fully saturated rings. The van der Waals surface area contributed by atoms with Gasteiger partial charge in [-0.2, -0.15) is 0 Å². The largest absolute Gasteiger partial charge is 0.354 e. The number of halogens is 2. The molecule has 0 aliphatic heterocycles. The minimum atomic E-state index is -2.53. The van der Waals surface area contributed by atoms with Gasteiger partial charge in [0.15, 0.2) is 5.13 Å². The highest BCUT2D eigenvalue weighted by Gasteiger charge is 2.20. The topological polar surface area (TPSA) is 42.2 Å². The van der Waals surface area contributed by atoms with Gasteiger partial charge in [-0.3, -0.25) is 0 Å². The van der Waals surface area contributed by atoms with Gasteiger partial charge < -0.3 is 10.6 Å². The Balaban J connectivity index is 2.79. The second kappa shape index (κ2) is 3.97. The van der Waals surface area contributed by atoms with E-state index >= 15 is 0 Å². The molecule has 0 spiro atoms. The number of alkyl halides is 2. The second-order valence-electron chi connectivity index (χ2n) is 2.80. The van der Waals surface area contributed by atoms with E-state index in [0.29, 0.717) is 10.0 Å². The first-order valence-corrected chi connectivity index (χ1v) is 4.51. The molecule has 0 radical (unpaired) electrons. The normalized spacial score (nSPS) is 13.4. The zero-order valence-electron chi connectivity index (χ0n) is 7.37. The van der Waals surface area contributed by atoms with E-state index in [1.807, 2.05) is 0 Å². The van der Waals surface area contributed by atoms with E-state index in [9.17, 15) is 8.78 Å². The number of rotatable bonds is 3.